The molecule has 0 aliphatic rings. The van der Waals surface area contributed by atoms with Gasteiger partial charge in [-0.25, -0.2) is 0 Å². The third-order valence-corrected chi connectivity index (χ3v) is 2.99. The van der Waals surface area contributed by atoms with Gasteiger partial charge in [0.2, 0.25) is 5.91 Å². The number of nitrogens with one attached hydrogen (secondary N) is 1. The molecular formula is C10H18N2O5S. The van der Waals surface area contributed by atoms with E-state index in [9.17, 15) is 14.4 Å². The van der Waals surface area contributed by atoms with E-state index in [0.717, 1.165) is 0 Å². The van der Waals surface area contributed by atoms with Crippen LogP contribution >= 0.6 is 11.8 Å². The lowest BCUT2D eigenvalue weighted by atomic mass is 10.3. The molecule has 0 radical (unpaired) electrons. The van der Waals surface area contributed by atoms with Crippen molar-refractivity contribution in [2.75, 3.05) is 25.2 Å². The van der Waals surface area contributed by atoms with Gasteiger partial charge in [0.1, 0.15) is 6.04 Å². The minimum absolute atomic E-state index is 0.0284. The Morgan fingerprint density at radius 3 is 2.67 bits per heavy atom. The zero-order chi connectivity index (χ0) is 14.0. The first kappa shape index (κ1) is 16.7. The first-order valence-corrected chi connectivity index (χ1v) is 6.52. The molecule has 0 bridgehead atoms. The highest BCUT2D eigenvalue weighted by Gasteiger charge is 2.14. The van der Waals surface area contributed by atoms with Gasteiger partial charge in [0.05, 0.1) is 12.9 Å². The van der Waals surface area contributed by atoms with Crippen molar-refractivity contribution in [1.82, 2.24) is 5.32 Å². The van der Waals surface area contributed by atoms with Gasteiger partial charge in [0, 0.05) is 18.7 Å². The number of carboxylic acid groups (broad SMARTS) is 1. The fourth-order valence-corrected chi connectivity index (χ4v) is 1.81. The molecular weight excluding hydrogens is 260 g/mol. The summed E-state index contributed by atoms with van der Waals surface area (Å²) in [7, 11) is 1.25. The summed E-state index contributed by atoms with van der Waals surface area (Å²) in [5, 5.41) is 11.0. The van der Waals surface area contributed by atoms with Crippen molar-refractivity contribution in [2.24, 2.45) is 5.73 Å². The van der Waals surface area contributed by atoms with Crippen LogP contribution in [0.15, 0.2) is 0 Å². The highest BCUT2D eigenvalue weighted by atomic mass is 32.2. The van der Waals surface area contributed by atoms with Crippen molar-refractivity contribution in [1.29, 1.82) is 0 Å². The highest BCUT2D eigenvalue weighted by Crippen LogP contribution is 2.02. The molecule has 7 nitrogen and oxygen atoms in total. The number of hydrogen-bond acceptors (Lipinski definition) is 6. The van der Waals surface area contributed by atoms with Crippen LogP contribution in [0.2, 0.25) is 0 Å². The molecule has 0 aliphatic heterocycles. The summed E-state index contributed by atoms with van der Waals surface area (Å²) in [6, 6.07) is -0.736. The molecule has 0 heterocycles. The number of ether oxygens (including phenoxy) is 1. The molecule has 104 valence electrons. The summed E-state index contributed by atoms with van der Waals surface area (Å²) in [6.45, 7) is 0.328. The number of methoxy groups -OCH3 is 1. The van der Waals surface area contributed by atoms with Crippen LogP contribution in [0.3, 0.4) is 0 Å². The lowest BCUT2D eigenvalue weighted by Crippen LogP contribution is -2.35. The predicted octanol–water partition coefficient (Wildman–Crippen LogP) is -0.799. The minimum atomic E-state index is -0.886. The minimum Gasteiger partial charge on any atom is -0.481 e. The summed E-state index contributed by atoms with van der Waals surface area (Å²) in [5.41, 5.74) is 5.48. The summed E-state index contributed by atoms with van der Waals surface area (Å²) in [6.07, 6.45) is 0.425. The maximum atomic E-state index is 11.3. The van der Waals surface area contributed by atoms with Crippen LogP contribution in [0.4, 0.5) is 0 Å². The summed E-state index contributed by atoms with van der Waals surface area (Å²) >= 11 is 1.22. The number of thioether (sulfide) groups is 1. The van der Waals surface area contributed by atoms with Crippen molar-refractivity contribution < 1.29 is 24.2 Å². The molecule has 0 aromatic rings. The van der Waals surface area contributed by atoms with E-state index < -0.39 is 18.0 Å². The van der Waals surface area contributed by atoms with Gasteiger partial charge in [-0.1, -0.05) is 0 Å². The number of aliphatic carboxylic acids is 1. The number of amides is 1. The van der Waals surface area contributed by atoms with E-state index in [-0.39, 0.29) is 18.1 Å². The normalized spacial score (nSPS) is 11.7. The standard InChI is InChI=1S/C10H18N2O5S/c1-17-10(16)7(11)5-18-6-8(13)12-4-2-3-9(14)15/h7H,2-6,11H2,1H3,(H,12,13)(H,14,15). The van der Waals surface area contributed by atoms with Crippen LogP contribution < -0.4 is 11.1 Å². The molecule has 4 N–H and O–H groups in total. The van der Waals surface area contributed by atoms with Gasteiger partial charge in [0.25, 0.3) is 0 Å². The molecule has 1 amide bonds. The Morgan fingerprint density at radius 2 is 2.11 bits per heavy atom. The number of carboxylic acids is 1. The molecule has 0 rings (SSSR count). The van der Waals surface area contributed by atoms with Crippen molar-refractivity contribution >= 4 is 29.6 Å². The Balaban J connectivity index is 3.53. The molecule has 0 aromatic carbocycles. The molecule has 0 spiro atoms. The Kier molecular flexibility index (Phi) is 9.03. The summed E-state index contributed by atoms with van der Waals surface area (Å²) < 4.78 is 4.44. The van der Waals surface area contributed by atoms with E-state index in [1.54, 1.807) is 0 Å². The van der Waals surface area contributed by atoms with Crippen molar-refractivity contribution in [3.63, 3.8) is 0 Å². The van der Waals surface area contributed by atoms with Gasteiger partial charge in [0.15, 0.2) is 0 Å². The zero-order valence-corrected chi connectivity index (χ0v) is 11.0. The number of hydrogen-bond donors (Lipinski definition) is 3. The van der Waals surface area contributed by atoms with Crippen molar-refractivity contribution in [2.45, 2.75) is 18.9 Å². The van der Waals surface area contributed by atoms with Crippen molar-refractivity contribution in [3.8, 4) is 0 Å². The van der Waals surface area contributed by atoms with Gasteiger partial charge in [-0.05, 0) is 6.42 Å². The van der Waals surface area contributed by atoms with Gasteiger partial charge < -0.3 is 20.9 Å². The molecule has 8 heteroatoms. The second-order valence-corrected chi connectivity index (χ2v) is 4.52. The molecule has 18 heavy (non-hydrogen) atoms. The third kappa shape index (κ3) is 8.82. The van der Waals surface area contributed by atoms with E-state index in [0.29, 0.717) is 18.7 Å². The van der Waals surface area contributed by atoms with E-state index in [1.807, 2.05) is 0 Å². The molecule has 0 saturated carbocycles. The smallest absolute Gasteiger partial charge is 0.323 e. The molecule has 1 atom stereocenters. The Bertz CT molecular complexity index is 298. The van der Waals surface area contributed by atoms with Crippen LogP contribution in [0.5, 0.6) is 0 Å². The fourth-order valence-electron chi connectivity index (χ4n) is 1.02. The lowest BCUT2D eigenvalue weighted by Gasteiger charge is -2.08. The number of rotatable bonds is 9. The molecule has 0 saturated heterocycles. The maximum absolute atomic E-state index is 11.3. The number of esters is 1. The summed E-state index contributed by atoms with van der Waals surface area (Å²) in [5.74, 6) is -1.12. The molecule has 0 aliphatic carbocycles. The van der Waals surface area contributed by atoms with E-state index in [1.165, 1.54) is 18.9 Å². The van der Waals surface area contributed by atoms with Crippen LogP contribution in [0, 0.1) is 0 Å². The van der Waals surface area contributed by atoms with E-state index in [2.05, 4.69) is 10.1 Å². The summed E-state index contributed by atoms with van der Waals surface area (Å²) in [4.78, 5) is 32.4. The number of nitrogens with two attached hydrogens (primary N) is 1. The largest absolute Gasteiger partial charge is 0.481 e. The number of carbonyl (C=O) groups excluding carboxylic acids is 2. The second-order valence-electron chi connectivity index (χ2n) is 3.49. The van der Waals surface area contributed by atoms with Gasteiger partial charge in [-0.15, -0.1) is 11.8 Å². The average Bonchev–Trinajstić information content (AvgIpc) is 2.33. The molecule has 1 unspecified atom stereocenters. The SMILES string of the molecule is COC(=O)C(N)CSCC(=O)NCCCC(=O)O. The Labute approximate surface area is 109 Å². The fraction of sp³-hybridized carbons (Fsp3) is 0.700. The Hall–Kier alpha value is -1.28. The first-order valence-electron chi connectivity index (χ1n) is 5.37. The van der Waals surface area contributed by atoms with Crippen LogP contribution in [0.1, 0.15) is 12.8 Å². The topological polar surface area (TPSA) is 119 Å². The quantitative estimate of drug-likeness (QED) is 0.373. The van der Waals surface area contributed by atoms with Gasteiger partial charge in [-0.2, -0.15) is 0 Å². The molecule has 0 aromatic heterocycles. The van der Waals surface area contributed by atoms with Gasteiger partial charge >= 0.3 is 11.9 Å². The lowest BCUT2D eigenvalue weighted by molar-refractivity contribution is -0.141. The third-order valence-electron chi connectivity index (χ3n) is 1.92. The number of carbonyl (C=O) groups is 3. The zero-order valence-electron chi connectivity index (χ0n) is 10.2. The first-order chi connectivity index (χ1) is 8.47. The van der Waals surface area contributed by atoms with E-state index >= 15 is 0 Å². The van der Waals surface area contributed by atoms with E-state index in [4.69, 9.17) is 10.8 Å². The highest BCUT2D eigenvalue weighted by molar-refractivity contribution is 8.00. The molecule has 0 fully saturated rings. The van der Waals surface area contributed by atoms with Gasteiger partial charge in [-0.3, -0.25) is 14.4 Å². The predicted molar refractivity (Wildman–Crippen MR) is 67.2 cm³/mol. The van der Waals surface area contributed by atoms with Crippen LogP contribution in [0.25, 0.3) is 0 Å². The monoisotopic (exact) mass is 278 g/mol. The Morgan fingerprint density at radius 1 is 1.44 bits per heavy atom. The maximum Gasteiger partial charge on any atom is 0.323 e. The average molecular weight is 278 g/mol. The van der Waals surface area contributed by atoms with Crippen molar-refractivity contribution in [3.05, 3.63) is 0 Å². The van der Waals surface area contributed by atoms with Crippen LogP contribution in [-0.4, -0.2) is 54.2 Å². The second kappa shape index (κ2) is 9.72. The van der Waals surface area contributed by atoms with Crippen LogP contribution in [-0.2, 0) is 19.1 Å².